The van der Waals surface area contributed by atoms with Gasteiger partial charge in [-0.3, -0.25) is 19.2 Å². The summed E-state index contributed by atoms with van der Waals surface area (Å²) in [5.74, 6) is 0.360. The Morgan fingerprint density at radius 2 is 0.726 bits per heavy atom. The summed E-state index contributed by atoms with van der Waals surface area (Å²) in [5.41, 5.74) is 5.90. The number of carbonyl (C=O) groups excluding carboxylic acids is 4. The molecule has 2 N–H and O–H groups in total. The molecule has 6 saturated heterocycles. The van der Waals surface area contributed by atoms with E-state index in [1.807, 2.05) is 72.8 Å². The molecule has 0 spiro atoms. The van der Waals surface area contributed by atoms with Gasteiger partial charge in [0, 0.05) is 41.0 Å². The Morgan fingerprint density at radius 3 is 1.03 bits per heavy atom. The van der Waals surface area contributed by atoms with E-state index in [1.54, 1.807) is 42.4 Å². The van der Waals surface area contributed by atoms with E-state index in [9.17, 15) is 29.4 Å². The smallest absolute Gasteiger partial charge is 0.262 e. The standard InChI is InChI=1S/C46H50N4O8S4/c1-47-41(55)45(27-51)49(3)39(53)43(47,59-37(61-45)33-17-21-35(57-5)22-18-33)25-31-13-9-29(10-14-31)7-8-30-11-15-32(16-12-30)26-44-40(54)50(4)46(28-52,42(56)48(44)2)62-38(60-44)34-19-23-36(58-6)24-20-34/h9-24,37-38,51-52H,7-8,25-28H2,1-6H3/t37?,38?,43-,44+,45-,46+. The Bertz CT molecular complexity index is 2190. The molecule has 6 atom stereocenters. The van der Waals surface area contributed by atoms with Gasteiger partial charge in [0.1, 0.15) is 11.5 Å². The number of nitrogens with zero attached hydrogens (tertiary/aromatic N) is 4. The van der Waals surface area contributed by atoms with Crippen LogP contribution in [0.2, 0.25) is 0 Å². The molecule has 6 heterocycles. The van der Waals surface area contributed by atoms with Crippen molar-refractivity contribution in [2.75, 3.05) is 55.6 Å². The van der Waals surface area contributed by atoms with Gasteiger partial charge in [-0.15, -0.1) is 47.0 Å². The van der Waals surface area contributed by atoms with E-state index >= 15 is 0 Å². The lowest BCUT2D eigenvalue weighted by atomic mass is 9.95. The Morgan fingerprint density at radius 1 is 0.452 bits per heavy atom. The lowest BCUT2D eigenvalue weighted by Gasteiger charge is -2.50. The third-order valence-electron chi connectivity index (χ3n) is 12.8. The molecule has 6 aliphatic rings. The topological polar surface area (TPSA) is 140 Å². The molecule has 4 bridgehead atoms. The minimum atomic E-state index is -1.44. The summed E-state index contributed by atoms with van der Waals surface area (Å²) in [6, 6.07) is 31.6. The molecule has 16 heteroatoms. The van der Waals surface area contributed by atoms with Gasteiger partial charge in [-0.2, -0.15) is 0 Å². The van der Waals surface area contributed by atoms with Crippen LogP contribution in [0.4, 0.5) is 0 Å². The number of hydrogen-bond acceptors (Lipinski definition) is 12. The van der Waals surface area contributed by atoms with Crippen molar-refractivity contribution >= 4 is 70.7 Å². The van der Waals surface area contributed by atoms with Gasteiger partial charge in [0.15, 0.2) is 19.5 Å². The maximum atomic E-state index is 14.3. The van der Waals surface area contributed by atoms with Crippen molar-refractivity contribution in [3.8, 4) is 11.5 Å². The Labute approximate surface area is 379 Å². The van der Waals surface area contributed by atoms with Gasteiger partial charge in [0.25, 0.3) is 23.6 Å². The van der Waals surface area contributed by atoms with Crippen LogP contribution < -0.4 is 9.47 Å². The van der Waals surface area contributed by atoms with Gasteiger partial charge < -0.3 is 39.3 Å². The highest BCUT2D eigenvalue weighted by atomic mass is 32.2. The van der Waals surface area contributed by atoms with Crippen LogP contribution in [0.5, 0.6) is 11.5 Å². The third-order valence-corrected chi connectivity index (χ3v) is 19.8. The van der Waals surface area contributed by atoms with E-state index in [0.717, 1.165) is 46.2 Å². The number of amides is 4. The van der Waals surface area contributed by atoms with Crippen molar-refractivity contribution in [1.82, 2.24) is 19.6 Å². The molecule has 6 aliphatic heterocycles. The van der Waals surface area contributed by atoms with Crippen LogP contribution in [0, 0.1) is 0 Å². The number of thioether (sulfide) groups is 4. The van der Waals surface area contributed by atoms with Gasteiger partial charge in [0.05, 0.1) is 36.6 Å². The third kappa shape index (κ3) is 7.14. The highest BCUT2D eigenvalue weighted by molar-refractivity contribution is 8.19. The van der Waals surface area contributed by atoms with Crippen molar-refractivity contribution in [2.45, 2.75) is 54.3 Å². The predicted molar refractivity (Wildman–Crippen MR) is 246 cm³/mol. The second-order valence-electron chi connectivity index (χ2n) is 16.1. The molecule has 0 radical (unpaired) electrons. The van der Waals surface area contributed by atoms with Gasteiger partial charge >= 0.3 is 0 Å². The van der Waals surface area contributed by atoms with Crippen LogP contribution >= 0.6 is 47.0 Å². The first-order valence-corrected chi connectivity index (χ1v) is 23.7. The summed E-state index contributed by atoms with van der Waals surface area (Å²) in [5, 5.41) is 21.3. The molecule has 0 aromatic heterocycles. The average Bonchev–Trinajstić information content (AvgIpc) is 3.57. The second kappa shape index (κ2) is 17.0. The number of aryl methyl sites for hydroxylation is 2. The van der Waals surface area contributed by atoms with E-state index in [4.69, 9.17) is 9.47 Å². The van der Waals surface area contributed by atoms with Gasteiger partial charge in [-0.1, -0.05) is 72.8 Å². The number of rotatable bonds is 13. The first kappa shape index (κ1) is 44.3. The van der Waals surface area contributed by atoms with Crippen molar-refractivity contribution in [3.63, 3.8) is 0 Å². The lowest BCUT2D eigenvalue weighted by molar-refractivity contribution is -0.164. The van der Waals surface area contributed by atoms with Crippen LogP contribution in [-0.2, 0) is 44.9 Å². The monoisotopic (exact) mass is 914 g/mol. The molecular weight excluding hydrogens is 865 g/mol. The molecule has 62 heavy (non-hydrogen) atoms. The summed E-state index contributed by atoms with van der Waals surface area (Å²) < 4.78 is 10.1. The number of carbonyl (C=O) groups is 4. The zero-order valence-electron chi connectivity index (χ0n) is 35.4. The van der Waals surface area contributed by atoms with Crippen LogP contribution in [0.25, 0.3) is 0 Å². The number of benzene rings is 4. The predicted octanol–water partition coefficient (Wildman–Crippen LogP) is 5.56. The number of likely N-dealkylation sites (N-methyl/N-ethyl adjacent to an activating group) is 4. The molecule has 0 aliphatic carbocycles. The second-order valence-corrected chi connectivity index (χ2v) is 22.2. The Kier molecular flexibility index (Phi) is 12.1. The van der Waals surface area contributed by atoms with Crippen molar-refractivity contribution < 1.29 is 38.9 Å². The van der Waals surface area contributed by atoms with Gasteiger partial charge in [-0.05, 0) is 70.5 Å². The highest BCUT2D eigenvalue weighted by Gasteiger charge is 2.67. The quantitative estimate of drug-likeness (QED) is 0.174. The minimum Gasteiger partial charge on any atom is -0.497 e. The Balaban J connectivity index is 0.974. The molecule has 4 aromatic carbocycles. The fraction of sp³-hybridized carbons (Fsp3) is 0.391. The maximum absolute atomic E-state index is 14.3. The van der Waals surface area contributed by atoms with Crippen LogP contribution in [-0.4, -0.2) is 129 Å². The number of aliphatic hydroxyl groups excluding tert-OH is 2. The zero-order valence-corrected chi connectivity index (χ0v) is 38.7. The molecule has 4 amide bonds. The SMILES string of the molecule is COc1ccc(C2S[C@@]3(CO)C(=O)N(C)[C@@](Cc4ccc(CCc5ccc(C[C@]67SC(c8ccc(OC)cc8)S[C@](CO)(C(=O)N6C)N(C)C7=O)cc5)cc4)(S2)C(=O)N3C)cc1. The molecule has 2 unspecified atom stereocenters. The number of ether oxygens (including phenoxy) is 2. The van der Waals surface area contributed by atoms with Crippen molar-refractivity contribution in [3.05, 3.63) is 130 Å². The van der Waals surface area contributed by atoms with Gasteiger partial charge in [0.2, 0.25) is 0 Å². The number of hydrogen-bond donors (Lipinski definition) is 2. The molecule has 0 saturated carbocycles. The van der Waals surface area contributed by atoms with E-state index in [1.165, 1.54) is 66.6 Å². The molecule has 326 valence electrons. The van der Waals surface area contributed by atoms with E-state index in [-0.39, 0.29) is 32.8 Å². The lowest BCUT2D eigenvalue weighted by Crippen LogP contribution is -2.73. The largest absolute Gasteiger partial charge is 0.497 e. The number of aliphatic hydroxyl groups is 2. The summed E-state index contributed by atoms with van der Waals surface area (Å²) in [7, 11) is 9.77. The molecule has 6 fully saturated rings. The van der Waals surface area contributed by atoms with Crippen molar-refractivity contribution in [2.24, 2.45) is 0 Å². The van der Waals surface area contributed by atoms with E-state index < -0.39 is 32.7 Å². The summed E-state index contributed by atoms with van der Waals surface area (Å²) in [6.07, 6.45) is 2.11. The van der Waals surface area contributed by atoms with Gasteiger partial charge in [-0.25, -0.2) is 0 Å². The number of piperazine rings is 2. The van der Waals surface area contributed by atoms with E-state index in [0.29, 0.717) is 24.3 Å². The van der Waals surface area contributed by atoms with Crippen molar-refractivity contribution in [1.29, 1.82) is 0 Å². The Hall–Kier alpha value is -4.32. The first-order valence-electron chi connectivity index (χ1n) is 20.2. The fourth-order valence-corrected chi connectivity index (χ4v) is 16.2. The zero-order chi connectivity index (χ0) is 44.2. The molecule has 4 aromatic rings. The van der Waals surface area contributed by atoms with Crippen LogP contribution in [0.3, 0.4) is 0 Å². The number of methoxy groups -OCH3 is 2. The normalized spacial score (nSPS) is 28.4. The molecule has 10 rings (SSSR count). The molecular formula is C46H50N4O8S4. The van der Waals surface area contributed by atoms with Crippen LogP contribution in [0.15, 0.2) is 97.1 Å². The first-order chi connectivity index (χ1) is 29.7. The fourth-order valence-electron chi connectivity index (χ4n) is 8.73. The average molecular weight is 915 g/mol. The highest BCUT2D eigenvalue weighted by Crippen LogP contribution is 2.62. The summed E-state index contributed by atoms with van der Waals surface area (Å²) in [4.78, 5) is 57.4. The maximum Gasteiger partial charge on any atom is 0.262 e. The summed E-state index contributed by atoms with van der Waals surface area (Å²) >= 11 is 5.48. The summed E-state index contributed by atoms with van der Waals surface area (Å²) in [6.45, 7) is -1.01. The minimum absolute atomic E-state index is 0.223. The number of fused-ring (bicyclic) bond motifs is 8. The van der Waals surface area contributed by atoms with E-state index in [2.05, 4.69) is 24.3 Å². The molecule has 12 nitrogen and oxygen atoms in total. The van der Waals surface area contributed by atoms with Crippen LogP contribution in [0.1, 0.15) is 42.5 Å².